The molecule has 0 amide bonds. The standard InChI is InChI=1S/C29H25N2O.C20H18N.Ir/c1-3-8-20(9-4-1)18-21-16-17-30-27(19-21)25-13-7-12-23-24-14-15-26(22-10-5-2-6-11-22)31-29(24)32-28(23)25;1-20(2,16-10-4-3-5-11-16)18-13-7-6-12-17(18)19-14-8-9-15-21-19;/h2,5-7,10-12,14-17,19-20H,1,3-4,8-9,18H2;3-11,13-15H,1-2H3;/q2*-1;/i18D2;;. The maximum Gasteiger partial charge on any atom is 0.216 e. The first-order valence-corrected chi connectivity index (χ1v) is 18.5. The van der Waals surface area contributed by atoms with Crippen molar-refractivity contribution in [2.24, 2.45) is 5.92 Å². The van der Waals surface area contributed by atoms with E-state index in [1.165, 1.54) is 17.5 Å². The van der Waals surface area contributed by atoms with Gasteiger partial charge in [-0.25, -0.2) is 4.98 Å². The van der Waals surface area contributed by atoms with E-state index >= 15 is 0 Å². The summed E-state index contributed by atoms with van der Waals surface area (Å²) in [6.45, 7) is 4.50. The van der Waals surface area contributed by atoms with E-state index in [0.29, 0.717) is 22.6 Å². The van der Waals surface area contributed by atoms with Crippen LogP contribution in [0.2, 0.25) is 0 Å². The molecule has 0 atom stereocenters. The van der Waals surface area contributed by atoms with E-state index in [4.69, 9.17) is 12.1 Å². The van der Waals surface area contributed by atoms with E-state index in [9.17, 15) is 0 Å². The van der Waals surface area contributed by atoms with Crippen molar-refractivity contribution in [1.82, 2.24) is 15.0 Å². The minimum Gasteiger partial charge on any atom is -0.486 e. The number of pyridine rings is 3. The number of fused-ring (bicyclic) bond motifs is 3. The van der Waals surface area contributed by atoms with E-state index in [1.807, 2.05) is 103 Å². The van der Waals surface area contributed by atoms with E-state index in [0.717, 1.165) is 64.5 Å². The smallest absolute Gasteiger partial charge is 0.216 e. The molecule has 5 heteroatoms. The number of hydrogen-bond donors (Lipinski definition) is 0. The second kappa shape index (κ2) is 16.8. The minimum absolute atomic E-state index is 0. The van der Waals surface area contributed by atoms with Crippen molar-refractivity contribution in [3.8, 4) is 33.8 Å². The molecule has 1 radical (unpaired) electrons. The van der Waals surface area contributed by atoms with Gasteiger partial charge in [-0.1, -0.05) is 141 Å². The predicted molar refractivity (Wildman–Crippen MR) is 216 cm³/mol. The quantitative estimate of drug-likeness (QED) is 0.150. The Morgan fingerprint density at radius 1 is 0.685 bits per heavy atom. The number of hydrogen-bond acceptors (Lipinski definition) is 4. The van der Waals surface area contributed by atoms with Gasteiger partial charge in [0.25, 0.3) is 0 Å². The van der Waals surface area contributed by atoms with Crippen molar-refractivity contribution < 1.29 is 27.3 Å². The third-order valence-corrected chi connectivity index (χ3v) is 10.3. The summed E-state index contributed by atoms with van der Waals surface area (Å²) in [5.74, 6) is 0.0445. The molecule has 8 aromatic rings. The summed E-state index contributed by atoms with van der Waals surface area (Å²) >= 11 is 0. The van der Waals surface area contributed by atoms with Crippen LogP contribution in [0.25, 0.3) is 55.8 Å². The summed E-state index contributed by atoms with van der Waals surface area (Å²) in [7, 11) is 0. The summed E-state index contributed by atoms with van der Waals surface area (Å²) in [4.78, 5) is 13.8. The van der Waals surface area contributed by atoms with Crippen LogP contribution in [0.4, 0.5) is 0 Å². The average Bonchev–Trinajstić information content (AvgIpc) is 3.63. The van der Waals surface area contributed by atoms with Crippen molar-refractivity contribution >= 4 is 22.1 Å². The molecule has 0 N–H and O–H groups in total. The molecule has 0 aliphatic heterocycles. The Morgan fingerprint density at radius 2 is 1.43 bits per heavy atom. The zero-order valence-corrected chi connectivity index (χ0v) is 32.9. The van der Waals surface area contributed by atoms with E-state index in [1.54, 1.807) is 6.20 Å². The second-order valence-electron chi connectivity index (χ2n) is 14.2. The second-order valence-corrected chi connectivity index (χ2v) is 14.2. The monoisotopic (exact) mass is 884 g/mol. The van der Waals surface area contributed by atoms with Crippen molar-refractivity contribution in [2.45, 2.75) is 57.7 Å². The van der Waals surface area contributed by atoms with Crippen molar-refractivity contribution in [3.05, 3.63) is 175 Å². The fraction of sp³-hybridized carbons (Fsp3) is 0.204. The summed E-state index contributed by atoms with van der Waals surface area (Å²) in [5, 5.41) is 1.90. The Kier molecular flexibility index (Phi) is 10.8. The van der Waals surface area contributed by atoms with E-state index in [2.05, 4.69) is 72.3 Å². The van der Waals surface area contributed by atoms with Crippen LogP contribution < -0.4 is 0 Å². The normalized spacial score (nSPS) is 14.0. The first-order chi connectivity index (χ1) is 26.8. The fourth-order valence-corrected chi connectivity index (χ4v) is 7.41. The Labute approximate surface area is 334 Å². The van der Waals surface area contributed by atoms with Gasteiger partial charge in [0.05, 0.1) is 11.3 Å². The third kappa shape index (κ3) is 7.99. The van der Waals surface area contributed by atoms with Gasteiger partial charge >= 0.3 is 0 Å². The van der Waals surface area contributed by atoms with Crippen LogP contribution in [0, 0.1) is 18.1 Å². The van der Waals surface area contributed by atoms with E-state index in [-0.39, 0.29) is 31.4 Å². The Bertz CT molecular complexity index is 2530. The molecule has 1 fully saturated rings. The number of benzene rings is 4. The Morgan fingerprint density at radius 3 is 2.20 bits per heavy atom. The molecule has 4 nitrogen and oxygen atoms in total. The summed E-state index contributed by atoms with van der Waals surface area (Å²) < 4.78 is 24.0. The van der Waals surface area contributed by atoms with Crippen LogP contribution in [0.1, 0.15) is 65.4 Å². The zero-order valence-electron chi connectivity index (χ0n) is 32.6. The molecule has 4 aromatic heterocycles. The molecule has 54 heavy (non-hydrogen) atoms. The molecule has 1 aliphatic rings. The van der Waals surface area contributed by atoms with Crippen LogP contribution in [-0.2, 0) is 31.9 Å². The Balaban J connectivity index is 0.000000188. The largest absolute Gasteiger partial charge is 0.486 e. The maximum absolute atomic E-state index is 8.87. The molecule has 1 saturated carbocycles. The van der Waals surface area contributed by atoms with Gasteiger partial charge in [-0.15, -0.1) is 53.6 Å². The van der Waals surface area contributed by atoms with E-state index < -0.39 is 6.37 Å². The van der Waals surface area contributed by atoms with Gasteiger partial charge in [-0.3, -0.25) is 0 Å². The third-order valence-electron chi connectivity index (χ3n) is 10.3. The number of nitrogens with zero attached hydrogens (tertiary/aromatic N) is 3. The first-order valence-electron chi connectivity index (χ1n) is 19.5. The topological polar surface area (TPSA) is 51.8 Å². The van der Waals surface area contributed by atoms with Gasteiger partial charge in [0.15, 0.2) is 0 Å². The molecule has 4 heterocycles. The molecule has 4 aromatic carbocycles. The van der Waals surface area contributed by atoms with Crippen LogP contribution in [0.3, 0.4) is 0 Å². The van der Waals surface area contributed by atoms with Crippen LogP contribution in [-0.4, -0.2) is 15.0 Å². The number of furan rings is 1. The molecule has 0 unspecified atom stereocenters. The van der Waals surface area contributed by atoms with Gasteiger partial charge in [0.1, 0.15) is 0 Å². The van der Waals surface area contributed by atoms with Gasteiger partial charge in [-0.05, 0) is 58.9 Å². The molecule has 9 rings (SSSR count). The molecule has 271 valence electrons. The average molecular weight is 884 g/mol. The molecule has 1 aliphatic carbocycles. The predicted octanol–water partition coefficient (Wildman–Crippen LogP) is 12.5. The van der Waals surface area contributed by atoms with Crippen LogP contribution in [0.5, 0.6) is 0 Å². The van der Waals surface area contributed by atoms with Crippen molar-refractivity contribution in [1.29, 1.82) is 0 Å². The van der Waals surface area contributed by atoms with Crippen LogP contribution >= 0.6 is 0 Å². The summed E-state index contributed by atoms with van der Waals surface area (Å²) in [5.41, 5.74) is 9.73. The first kappa shape index (κ1) is 34.5. The molecule has 0 bridgehead atoms. The van der Waals surface area contributed by atoms with Crippen molar-refractivity contribution in [2.75, 3.05) is 0 Å². The molecular weight excluding hydrogens is 839 g/mol. The van der Waals surface area contributed by atoms with Gasteiger partial charge in [0.2, 0.25) is 5.71 Å². The van der Waals surface area contributed by atoms with Gasteiger partial charge < -0.3 is 14.4 Å². The molecule has 0 spiro atoms. The minimum atomic E-state index is -1.38. The maximum atomic E-state index is 8.87. The summed E-state index contributed by atoms with van der Waals surface area (Å²) in [6, 6.07) is 51.1. The van der Waals surface area contributed by atoms with Crippen LogP contribution in [0.15, 0.2) is 150 Å². The van der Waals surface area contributed by atoms with Crippen molar-refractivity contribution in [3.63, 3.8) is 0 Å². The Hall–Kier alpha value is -5.22. The van der Waals surface area contributed by atoms with Gasteiger partial charge in [-0.2, -0.15) is 0 Å². The SMILES string of the molecule is CC(C)(c1ccccc1)c1ccc[c-]c1-c1ccccn1.[2H]C([2H])(c1ccnc(-c2[c-]ccc3c2oc2nc(-c4ccccc4)ccc23)c1)C1CCCCC1.[Ir]. The molecular formula is C49H43IrN3O-2. The number of rotatable bonds is 7. The van der Waals surface area contributed by atoms with Gasteiger partial charge in [0, 0.05) is 46.2 Å². The fourth-order valence-electron chi connectivity index (χ4n) is 7.41. The number of aromatic nitrogens is 3. The zero-order chi connectivity index (χ0) is 37.8. The summed E-state index contributed by atoms with van der Waals surface area (Å²) in [6.07, 6.45) is 7.43. The molecule has 0 saturated heterocycles.